The Kier molecular flexibility index (Phi) is 5.17. The van der Waals surface area contributed by atoms with Crippen molar-refractivity contribution in [1.82, 2.24) is 9.97 Å². The SMILES string of the molecule is CCCc1c(Cl)ncnc1N(CC(N)=O)C1CCCC1. The van der Waals surface area contributed by atoms with Crippen LogP contribution in [0.5, 0.6) is 0 Å². The van der Waals surface area contributed by atoms with Crippen LogP contribution in [0.1, 0.15) is 44.6 Å². The molecule has 0 unspecified atom stereocenters. The van der Waals surface area contributed by atoms with Crippen molar-refractivity contribution in [2.24, 2.45) is 5.73 Å². The molecule has 0 aromatic carbocycles. The van der Waals surface area contributed by atoms with E-state index in [0.29, 0.717) is 11.2 Å². The smallest absolute Gasteiger partial charge is 0.237 e. The number of aromatic nitrogens is 2. The standard InChI is InChI=1S/C14H21ClN4O/c1-2-5-11-13(15)17-9-18-14(11)19(8-12(16)20)10-6-3-4-7-10/h9-10H,2-8H2,1H3,(H2,16,20). The second-order valence-corrected chi connectivity index (χ2v) is 5.61. The predicted molar refractivity (Wildman–Crippen MR) is 79.8 cm³/mol. The number of carbonyl (C=O) groups is 1. The second-order valence-electron chi connectivity index (χ2n) is 5.25. The quantitative estimate of drug-likeness (QED) is 0.818. The average Bonchev–Trinajstić information content (AvgIpc) is 2.92. The Morgan fingerprint density at radius 1 is 1.45 bits per heavy atom. The summed E-state index contributed by atoms with van der Waals surface area (Å²) in [7, 11) is 0. The summed E-state index contributed by atoms with van der Waals surface area (Å²) >= 11 is 6.20. The third kappa shape index (κ3) is 3.39. The fourth-order valence-corrected chi connectivity index (χ4v) is 3.08. The minimum absolute atomic E-state index is 0.189. The van der Waals surface area contributed by atoms with Gasteiger partial charge < -0.3 is 10.6 Å². The molecule has 1 aromatic rings. The Bertz CT molecular complexity index is 474. The van der Waals surface area contributed by atoms with Gasteiger partial charge in [-0.2, -0.15) is 0 Å². The van der Waals surface area contributed by atoms with Gasteiger partial charge >= 0.3 is 0 Å². The zero-order chi connectivity index (χ0) is 14.5. The summed E-state index contributed by atoms with van der Waals surface area (Å²) in [6, 6.07) is 0.323. The average molecular weight is 297 g/mol. The topological polar surface area (TPSA) is 72.1 Å². The van der Waals surface area contributed by atoms with E-state index in [1.807, 2.05) is 4.90 Å². The highest BCUT2D eigenvalue weighted by atomic mass is 35.5. The van der Waals surface area contributed by atoms with Crippen LogP contribution < -0.4 is 10.6 Å². The summed E-state index contributed by atoms with van der Waals surface area (Å²) in [6.07, 6.45) is 7.72. The second kappa shape index (κ2) is 6.88. The van der Waals surface area contributed by atoms with E-state index in [1.165, 1.54) is 19.2 Å². The molecule has 1 aromatic heterocycles. The molecule has 0 spiro atoms. The van der Waals surface area contributed by atoms with Crippen LogP contribution >= 0.6 is 11.6 Å². The monoisotopic (exact) mass is 296 g/mol. The molecule has 0 saturated heterocycles. The van der Waals surface area contributed by atoms with Crippen LogP contribution in [0.25, 0.3) is 0 Å². The first kappa shape index (κ1) is 15.0. The van der Waals surface area contributed by atoms with Crippen molar-refractivity contribution in [2.75, 3.05) is 11.4 Å². The molecule has 5 nitrogen and oxygen atoms in total. The van der Waals surface area contributed by atoms with Crippen LogP contribution in [0.3, 0.4) is 0 Å². The summed E-state index contributed by atoms with van der Waals surface area (Å²) < 4.78 is 0. The van der Waals surface area contributed by atoms with Crippen LogP contribution in [-0.2, 0) is 11.2 Å². The molecule has 110 valence electrons. The number of nitrogens with zero attached hydrogens (tertiary/aromatic N) is 3. The predicted octanol–water partition coefficient (Wildman–Crippen LogP) is 2.32. The lowest BCUT2D eigenvalue weighted by atomic mass is 10.1. The molecule has 0 aliphatic heterocycles. The molecule has 2 N–H and O–H groups in total. The summed E-state index contributed by atoms with van der Waals surface area (Å²) in [5.74, 6) is 0.437. The van der Waals surface area contributed by atoms with Crippen LogP contribution in [0, 0.1) is 0 Å². The summed E-state index contributed by atoms with van der Waals surface area (Å²) in [5, 5.41) is 0.476. The molecular weight excluding hydrogens is 276 g/mol. The van der Waals surface area contributed by atoms with Crippen molar-refractivity contribution in [1.29, 1.82) is 0 Å². The molecule has 0 atom stereocenters. The van der Waals surface area contributed by atoms with E-state index >= 15 is 0 Å². The van der Waals surface area contributed by atoms with Gasteiger partial charge in [0.05, 0.1) is 6.54 Å². The van der Waals surface area contributed by atoms with Crippen LogP contribution in [0.15, 0.2) is 6.33 Å². The first-order valence-electron chi connectivity index (χ1n) is 7.17. The maximum Gasteiger partial charge on any atom is 0.237 e. The van der Waals surface area contributed by atoms with Gasteiger partial charge in [0.15, 0.2) is 0 Å². The zero-order valence-electron chi connectivity index (χ0n) is 11.8. The Labute approximate surface area is 124 Å². The zero-order valence-corrected chi connectivity index (χ0v) is 12.6. The van der Waals surface area contributed by atoms with Gasteiger partial charge in [0.2, 0.25) is 5.91 Å². The first-order valence-corrected chi connectivity index (χ1v) is 7.55. The molecule has 0 radical (unpaired) electrons. The Balaban J connectivity index is 2.36. The van der Waals surface area contributed by atoms with E-state index in [9.17, 15) is 4.79 Å². The number of nitrogens with two attached hydrogens (primary N) is 1. The highest BCUT2D eigenvalue weighted by molar-refractivity contribution is 6.30. The van der Waals surface area contributed by atoms with E-state index in [-0.39, 0.29) is 12.5 Å². The number of hydrogen-bond acceptors (Lipinski definition) is 4. The number of anilines is 1. The third-order valence-corrected chi connectivity index (χ3v) is 4.06. The summed E-state index contributed by atoms with van der Waals surface area (Å²) in [5.41, 5.74) is 6.32. The highest BCUT2D eigenvalue weighted by Crippen LogP contribution is 2.31. The molecule has 6 heteroatoms. The van der Waals surface area contributed by atoms with Gasteiger partial charge in [0.25, 0.3) is 0 Å². The van der Waals surface area contributed by atoms with Crippen molar-refractivity contribution in [3.63, 3.8) is 0 Å². The normalized spacial score (nSPS) is 15.5. The minimum Gasteiger partial charge on any atom is -0.368 e. The van der Waals surface area contributed by atoms with Gasteiger partial charge in [-0.25, -0.2) is 9.97 Å². The van der Waals surface area contributed by atoms with Crippen molar-refractivity contribution < 1.29 is 4.79 Å². The molecule has 0 bridgehead atoms. The third-order valence-electron chi connectivity index (χ3n) is 3.73. The Morgan fingerprint density at radius 3 is 2.75 bits per heavy atom. The molecule has 1 aliphatic rings. The molecule has 1 aliphatic carbocycles. The summed E-state index contributed by atoms with van der Waals surface area (Å²) in [4.78, 5) is 21.9. The van der Waals surface area contributed by atoms with Gasteiger partial charge in [0.1, 0.15) is 17.3 Å². The van der Waals surface area contributed by atoms with Gasteiger partial charge in [-0.3, -0.25) is 4.79 Å². The number of rotatable bonds is 6. The molecular formula is C14H21ClN4O. The lowest BCUT2D eigenvalue weighted by molar-refractivity contribution is -0.116. The molecule has 1 amide bonds. The fraction of sp³-hybridized carbons (Fsp3) is 0.643. The van der Waals surface area contributed by atoms with Gasteiger partial charge in [-0.1, -0.05) is 37.8 Å². The lowest BCUT2D eigenvalue weighted by Crippen LogP contribution is -2.41. The van der Waals surface area contributed by atoms with Crippen LogP contribution in [0.2, 0.25) is 5.15 Å². The Morgan fingerprint density at radius 2 is 2.15 bits per heavy atom. The van der Waals surface area contributed by atoms with E-state index in [0.717, 1.165) is 37.1 Å². The van der Waals surface area contributed by atoms with Crippen LogP contribution in [-0.4, -0.2) is 28.5 Å². The van der Waals surface area contributed by atoms with E-state index in [2.05, 4.69) is 16.9 Å². The van der Waals surface area contributed by atoms with Crippen molar-refractivity contribution >= 4 is 23.3 Å². The Hall–Kier alpha value is -1.36. The van der Waals surface area contributed by atoms with E-state index < -0.39 is 0 Å². The van der Waals surface area contributed by atoms with Gasteiger partial charge in [-0.05, 0) is 19.3 Å². The number of hydrogen-bond donors (Lipinski definition) is 1. The molecule has 1 fully saturated rings. The molecule has 20 heavy (non-hydrogen) atoms. The first-order chi connectivity index (χ1) is 9.63. The molecule has 1 heterocycles. The van der Waals surface area contributed by atoms with Crippen molar-refractivity contribution in [3.8, 4) is 0 Å². The lowest BCUT2D eigenvalue weighted by Gasteiger charge is -2.30. The van der Waals surface area contributed by atoms with E-state index in [1.54, 1.807) is 0 Å². The fourth-order valence-electron chi connectivity index (χ4n) is 2.86. The van der Waals surface area contributed by atoms with Crippen molar-refractivity contribution in [2.45, 2.75) is 51.5 Å². The molecule has 1 saturated carbocycles. The van der Waals surface area contributed by atoms with Gasteiger partial charge in [-0.15, -0.1) is 0 Å². The highest BCUT2D eigenvalue weighted by Gasteiger charge is 2.27. The van der Waals surface area contributed by atoms with Crippen LogP contribution in [0.4, 0.5) is 5.82 Å². The van der Waals surface area contributed by atoms with Crippen molar-refractivity contribution in [3.05, 3.63) is 17.0 Å². The minimum atomic E-state index is -0.339. The summed E-state index contributed by atoms with van der Waals surface area (Å²) in [6.45, 7) is 2.27. The van der Waals surface area contributed by atoms with Gasteiger partial charge in [0, 0.05) is 11.6 Å². The number of primary amides is 1. The maximum absolute atomic E-state index is 11.4. The van der Waals surface area contributed by atoms with E-state index in [4.69, 9.17) is 17.3 Å². The maximum atomic E-state index is 11.4. The number of amides is 1. The molecule has 2 rings (SSSR count). The largest absolute Gasteiger partial charge is 0.368 e. The number of carbonyl (C=O) groups excluding carboxylic acids is 1. The number of halogens is 1.